The average Bonchev–Trinajstić information content (AvgIpc) is 2.97. The van der Waals surface area contributed by atoms with E-state index >= 15 is 0 Å². The molecule has 0 aliphatic carbocycles. The summed E-state index contributed by atoms with van der Waals surface area (Å²) in [6.07, 6.45) is 0. The minimum Gasteiger partial charge on any atom is -0.495 e. The Kier molecular flexibility index (Phi) is 6.87. The summed E-state index contributed by atoms with van der Waals surface area (Å²) in [6, 6.07) is 10.7. The number of benzene rings is 2. The van der Waals surface area contributed by atoms with Crippen LogP contribution in [0, 0.1) is 6.92 Å². The van der Waals surface area contributed by atoms with Crippen LogP contribution in [0.1, 0.15) is 11.1 Å². The highest BCUT2D eigenvalue weighted by Crippen LogP contribution is 2.36. The monoisotopic (exact) mass is 453 g/mol. The van der Waals surface area contributed by atoms with Crippen LogP contribution in [-0.4, -0.2) is 56.8 Å². The van der Waals surface area contributed by atoms with E-state index in [1.807, 2.05) is 31.2 Å². The zero-order valence-electron chi connectivity index (χ0n) is 17.0. The number of carbonyl (C=O) groups excluding carboxylic acids is 1. The van der Waals surface area contributed by atoms with Gasteiger partial charge in [0.25, 0.3) is 10.2 Å². The van der Waals surface area contributed by atoms with Crippen molar-refractivity contribution in [3.05, 3.63) is 52.5 Å². The van der Waals surface area contributed by atoms with Gasteiger partial charge in [-0.1, -0.05) is 35.9 Å². The van der Waals surface area contributed by atoms with Gasteiger partial charge in [0.15, 0.2) is 0 Å². The normalized spacial score (nSPS) is 16.4. The Balaban J connectivity index is 1.69. The highest BCUT2D eigenvalue weighted by Gasteiger charge is 2.37. The third-order valence-electron chi connectivity index (χ3n) is 4.93. The molecule has 3 rings (SSSR count). The van der Waals surface area contributed by atoms with Gasteiger partial charge in [0.05, 0.1) is 31.5 Å². The van der Waals surface area contributed by atoms with Crippen LogP contribution in [0.3, 0.4) is 0 Å². The van der Waals surface area contributed by atoms with Gasteiger partial charge in [0.2, 0.25) is 5.91 Å². The molecular weight excluding hydrogens is 430 g/mol. The number of hydrogen-bond donors (Lipinski definition) is 1. The first-order valence-corrected chi connectivity index (χ1v) is 11.0. The number of methoxy groups -OCH3 is 2. The molecule has 0 radical (unpaired) electrons. The maximum absolute atomic E-state index is 12.9. The Hall–Kier alpha value is -2.33. The summed E-state index contributed by atoms with van der Waals surface area (Å²) in [5, 5.41) is 2.96. The number of halogens is 1. The van der Waals surface area contributed by atoms with E-state index in [0.29, 0.717) is 28.8 Å². The molecule has 0 bridgehead atoms. The molecule has 1 fully saturated rings. The van der Waals surface area contributed by atoms with Gasteiger partial charge in [0, 0.05) is 25.7 Å². The highest BCUT2D eigenvalue weighted by atomic mass is 35.5. The molecule has 1 aliphatic heterocycles. The molecule has 1 amide bonds. The lowest BCUT2D eigenvalue weighted by Crippen LogP contribution is -2.38. The fraction of sp³-hybridized carbons (Fsp3) is 0.350. The molecule has 2 aromatic carbocycles. The van der Waals surface area contributed by atoms with Crippen molar-refractivity contribution < 1.29 is 22.7 Å². The lowest BCUT2D eigenvalue weighted by Gasteiger charge is -2.19. The van der Waals surface area contributed by atoms with Crippen LogP contribution in [0.5, 0.6) is 11.5 Å². The van der Waals surface area contributed by atoms with Crippen LogP contribution in [0.15, 0.2) is 36.4 Å². The molecular formula is C20H24ClN3O5S. The van der Waals surface area contributed by atoms with Crippen molar-refractivity contribution in [2.75, 3.05) is 39.2 Å². The van der Waals surface area contributed by atoms with E-state index in [1.54, 1.807) is 6.07 Å². The van der Waals surface area contributed by atoms with Crippen LogP contribution >= 0.6 is 11.6 Å². The second-order valence-corrected chi connectivity index (χ2v) is 9.17. The summed E-state index contributed by atoms with van der Waals surface area (Å²) >= 11 is 6.12. The van der Waals surface area contributed by atoms with Gasteiger partial charge in [-0.15, -0.1) is 0 Å². The number of ether oxygens (including phenoxy) is 2. The zero-order chi connectivity index (χ0) is 21.9. The molecule has 0 unspecified atom stereocenters. The number of aryl methyl sites for hydroxylation is 1. The standard InChI is InChI=1S/C20H24ClN3O5S/c1-14-6-4-5-7-15(14)12-23-8-9-24(30(23,26)27)13-20(25)22-17-10-16(21)18(28-2)11-19(17)29-3/h4-7,10-11H,8-9,12-13H2,1-3H3,(H,22,25). The van der Waals surface area contributed by atoms with E-state index in [4.69, 9.17) is 21.1 Å². The average molecular weight is 454 g/mol. The Morgan fingerprint density at radius 2 is 1.77 bits per heavy atom. The number of nitrogens with one attached hydrogen (secondary N) is 1. The van der Waals surface area contributed by atoms with E-state index in [-0.39, 0.29) is 19.6 Å². The molecule has 30 heavy (non-hydrogen) atoms. The van der Waals surface area contributed by atoms with Crippen LogP contribution in [0.2, 0.25) is 5.02 Å². The number of carbonyl (C=O) groups is 1. The van der Waals surface area contributed by atoms with Gasteiger partial charge in [-0.25, -0.2) is 0 Å². The molecule has 1 saturated heterocycles. The second-order valence-electron chi connectivity index (χ2n) is 6.84. The first-order valence-electron chi connectivity index (χ1n) is 9.27. The lowest BCUT2D eigenvalue weighted by atomic mass is 10.1. The molecule has 1 heterocycles. The summed E-state index contributed by atoms with van der Waals surface area (Å²) in [5.41, 5.74) is 2.29. The molecule has 0 saturated carbocycles. The predicted molar refractivity (Wildman–Crippen MR) is 115 cm³/mol. The van der Waals surface area contributed by atoms with Gasteiger partial charge >= 0.3 is 0 Å². The SMILES string of the molecule is COc1cc(OC)c(NC(=O)CN2CCN(Cc3ccccc3C)S2(=O)=O)cc1Cl. The van der Waals surface area contributed by atoms with Crippen molar-refractivity contribution >= 4 is 33.4 Å². The molecule has 0 atom stereocenters. The number of anilines is 1. The minimum absolute atomic E-state index is 0.238. The predicted octanol–water partition coefficient (Wildman–Crippen LogP) is 2.67. The molecule has 1 N–H and O–H groups in total. The minimum atomic E-state index is -3.74. The quantitative estimate of drug-likeness (QED) is 0.696. The molecule has 10 heteroatoms. The number of nitrogens with zero attached hydrogens (tertiary/aromatic N) is 2. The largest absolute Gasteiger partial charge is 0.495 e. The smallest absolute Gasteiger partial charge is 0.282 e. The zero-order valence-corrected chi connectivity index (χ0v) is 18.6. The third-order valence-corrected chi connectivity index (χ3v) is 7.15. The van der Waals surface area contributed by atoms with Gasteiger partial charge in [0.1, 0.15) is 11.5 Å². The van der Waals surface area contributed by atoms with Crippen molar-refractivity contribution in [2.45, 2.75) is 13.5 Å². The fourth-order valence-electron chi connectivity index (χ4n) is 3.22. The maximum Gasteiger partial charge on any atom is 0.282 e. The van der Waals surface area contributed by atoms with E-state index in [2.05, 4.69) is 5.32 Å². The Morgan fingerprint density at radius 3 is 2.43 bits per heavy atom. The third kappa shape index (κ3) is 4.70. The van der Waals surface area contributed by atoms with Crippen molar-refractivity contribution in [1.29, 1.82) is 0 Å². The van der Waals surface area contributed by atoms with Gasteiger partial charge in [-0.05, 0) is 24.1 Å². The van der Waals surface area contributed by atoms with E-state index < -0.39 is 16.1 Å². The van der Waals surface area contributed by atoms with Crippen LogP contribution in [-0.2, 0) is 21.5 Å². The van der Waals surface area contributed by atoms with Crippen molar-refractivity contribution in [2.24, 2.45) is 0 Å². The summed E-state index contributed by atoms with van der Waals surface area (Å²) in [5.74, 6) is 0.270. The molecule has 0 aromatic heterocycles. The molecule has 1 aliphatic rings. The molecule has 2 aromatic rings. The van der Waals surface area contributed by atoms with Gasteiger partial charge in [-0.3, -0.25) is 4.79 Å². The van der Waals surface area contributed by atoms with Gasteiger partial charge < -0.3 is 14.8 Å². The Bertz CT molecular complexity index is 1040. The summed E-state index contributed by atoms with van der Waals surface area (Å²) in [7, 11) is -0.813. The van der Waals surface area contributed by atoms with E-state index in [0.717, 1.165) is 15.4 Å². The van der Waals surface area contributed by atoms with Crippen molar-refractivity contribution in [1.82, 2.24) is 8.61 Å². The summed E-state index contributed by atoms with van der Waals surface area (Å²) in [6.45, 7) is 2.47. The molecule has 8 nitrogen and oxygen atoms in total. The lowest BCUT2D eigenvalue weighted by molar-refractivity contribution is -0.116. The van der Waals surface area contributed by atoms with Crippen LogP contribution < -0.4 is 14.8 Å². The summed E-state index contributed by atoms with van der Waals surface area (Å²) in [4.78, 5) is 12.5. The molecule has 162 valence electrons. The van der Waals surface area contributed by atoms with Crippen molar-refractivity contribution in [3.8, 4) is 11.5 Å². The fourth-order valence-corrected chi connectivity index (χ4v) is 5.00. The number of amides is 1. The highest BCUT2D eigenvalue weighted by molar-refractivity contribution is 7.87. The first kappa shape index (κ1) is 22.4. The Morgan fingerprint density at radius 1 is 1.10 bits per heavy atom. The Labute approximate surface area is 181 Å². The maximum atomic E-state index is 12.9. The molecule has 0 spiro atoms. The first-order chi connectivity index (χ1) is 14.3. The van der Waals surface area contributed by atoms with E-state index in [1.165, 1.54) is 24.6 Å². The van der Waals surface area contributed by atoms with Gasteiger partial charge in [-0.2, -0.15) is 17.0 Å². The number of rotatable bonds is 7. The number of hydrogen-bond acceptors (Lipinski definition) is 5. The topological polar surface area (TPSA) is 88.2 Å². The second kappa shape index (κ2) is 9.22. The van der Waals surface area contributed by atoms with E-state index in [9.17, 15) is 13.2 Å². The van der Waals surface area contributed by atoms with Crippen molar-refractivity contribution in [3.63, 3.8) is 0 Å². The van der Waals surface area contributed by atoms with Crippen LogP contribution in [0.25, 0.3) is 0 Å². The van der Waals surface area contributed by atoms with Crippen LogP contribution in [0.4, 0.5) is 5.69 Å². The summed E-state index contributed by atoms with van der Waals surface area (Å²) < 4.78 is 38.7.